The number of fused-ring (bicyclic) bond motifs is 3. The molecule has 0 radical (unpaired) electrons. The number of anilines is 1. The summed E-state index contributed by atoms with van der Waals surface area (Å²) in [6, 6.07) is 8.55. The molecule has 5 heterocycles. The number of amides is 1. The Labute approximate surface area is 188 Å². The van der Waals surface area contributed by atoms with E-state index in [-0.39, 0.29) is 29.2 Å². The van der Waals surface area contributed by atoms with Gasteiger partial charge in [0.05, 0.1) is 11.1 Å². The summed E-state index contributed by atoms with van der Waals surface area (Å²) < 4.78 is 35.9. The molecule has 11 heteroatoms. The fraction of sp³-hybridized carbons (Fsp3) is 0.409. The number of nitriles is 1. The van der Waals surface area contributed by atoms with Gasteiger partial charge in [0.1, 0.15) is 31.4 Å². The molecule has 2 aliphatic rings. The number of aromatic nitrogens is 4. The van der Waals surface area contributed by atoms with Gasteiger partial charge in [-0.1, -0.05) is 0 Å². The third-order valence-electron chi connectivity index (χ3n) is 6.18. The first kappa shape index (κ1) is 21.2. The van der Waals surface area contributed by atoms with Gasteiger partial charge in [0.2, 0.25) is 5.91 Å². The van der Waals surface area contributed by atoms with E-state index < -0.39 is 19.1 Å². The summed E-state index contributed by atoms with van der Waals surface area (Å²) in [5.74, 6) is -2.84. The molecule has 5 rings (SSSR count). The van der Waals surface area contributed by atoms with Gasteiger partial charge in [0.25, 0.3) is 5.92 Å². The Morgan fingerprint density at radius 1 is 1.21 bits per heavy atom. The normalized spacial score (nSPS) is 20.3. The van der Waals surface area contributed by atoms with Crippen molar-refractivity contribution in [2.45, 2.75) is 30.8 Å². The van der Waals surface area contributed by atoms with E-state index >= 15 is 0 Å². The van der Waals surface area contributed by atoms with Crippen LogP contribution in [0.15, 0.2) is 43.0 Å². The summed E-state index contributed by atoms with van der Waals surface area (Å²) in [6.07, 6.45) is 6.11. The van der Waals surface area contributed by atoms with Gasteiger partial charge in [-0.25, -0.2) is 14.5 Å². The highest BCUT2D eigenvalue weighted by atomic mass is 19.3. The van der Waals surface area contributed by atoms with Gasteiger partial charge in [-0.15, -0.1) is 0 Å². The van der Waals surface area contributed by atoms with E-state index in [0.29, 0.717) is 18.7 Å². The highest BCUT2D eigenvalue weighted by Gasteiger charge is 2.42. The molecule has 2 fully saturated rings. The largest absolute Gasteiger partial charge is 0.365 e. The summed E-state index contributed by atoms with van der Waals surface area (Å²) in [5.41, 5.74) is 0.257. The molecule has 1 amide bonds. The van der Waals surface area contributed by atoms with Crippen molar-refractivity contribution in [1.82, 2.24) is 24.5 Å². The van der Waals surface area contributed by atoms with Crippen LogP contribution < -0.4 is 4.90 Å². The molecular formula is C22H21F2N7O2. The number of hydrogen-bond acceptors (Lipinski definition) is 7. The van der Waals surface area contributed by atoms with Crippen LogP contribution in [0.5, 0.6) is 0 Å². The second kappa shape index (κ2) is 8.37. The second-order valence-corrected chi connectivity index (χ2v) is 8.26. The van der Waals surface area contributed by atoms with Crippen LogP contribution in [-0.2, 0) is 15.5 Å². The molecule has 0 saturated carbocycles. The number of pyridine rings is 2. The standard InChI is InChI=1S/C22H21F2N7O2/c23-22(24,18-2-1-7-30-21(18)27-14-28-30)13-33-12-20(32)29-10-16-4-5-17(11-29)31(16)19-6-3-15(8-25)9-26-19/h1-3,6-7,9,14,16-17H,4-5,10-13H2. The number of likely N-dealkylation sites (tertiary alicyclic amines) is 1. The average Bonchev–Trinajstić information content (AvgIpc) is 3.40. The number of alkyl halides is 2. The Morgan fingerprint density at radius 3 is 2.70 bits per heavy atom. The number of piperazine rings is 1. The van der Waals surface area contributed by atoms with Crippen LogP contribution in [-0.4, -0.2) is 68.8 Å². The van der Waals surface area contributed by atoms with Crippen molar-refractivity contribution in [2.75, 3.05) is 31.2 Å². The van der Waals surface area contributed by atoms with Gasteiger partial charge in [0, 0.05) is 37.6 Å². The minimum atomic E-state index is -3.31. The molecule has 9 nitrogen and oxygen atoms in total. The number of rotatable bonds is 6. The summed E-state index contributed by atoms with van der Waals surface area (Å²) in [7, 11) is 0. The maximum absolute atomic E-state index is 14.7. The zero-order valence-electron chi connectivity index (χ0n) is 17.6. The predicted octanol–water partition coefficient (Wildman–Crippen LogP) is 1.98. The summed E-state index contributed by atoms with van der Waals surface area (Å²) >= 11 is 0. The van der Waals surface area contributed by atoms with Gasteiger partial charge >= 0.3 is 0 Å². The van der Waals surface area contributed by atoms with Crippen LogP contribution in [0.3, 0.4) is 0 Å². The molecule has 0 aliphatic carbocycles. The average molecular weight is 453 g/mol. The van der Waals surface area contributed by atoms with Crippen molar-refractivity contribution in [3.05, 3.63) is 54.1 Å². The lowest BCUT2D eigenvalue weighted by Gasteiger charge is -2.41. The van der Waals surface area contributed by atoms with Gasteiger partial charge in [-0.05, 0) is 37.1 Å². The van der Waals surface area contributed by atoms with Crippen LogP contribution in [0.2, 0.25) is 0 Å². The Hall–Kier alpha value is -3.65. The van der Waals surface area contributed by atoms with E-state index in [4.69, 9.17) is 10.00 Å². The first-order chi connectivity index (χ1) is 16.0. The van der Waals surface area contributed by atoms with Gasteiger partial charge < -0.3 is 14.5 Å². The molecule has 33 heavy (non-hydrogen) atoms. The third kappa shape index (κ3) is 3.98. The van der Waals surface area contributed by atoms with Gasteiger partial charge in [-0.2, -0.15) is 19.1 Å². The molecule has 2 bridgehead atoms. The zero-order valence-corrected chi connectivity index (χ0v) is 17.6. The van der Waals surface area contributed by atoms with Crippen molar-refractivity contribution in [1.29, 1.82) is 5.26 Å². The fourth-order valence-corrected chi connectivity index (χ4v) is 4.65. The molecule has 0 N–H and O–H groups in total. The molecule has 170 valence electrons. The minimum absolute atomic E-state index is 0.0570. The maximum Gasteiger partial charge on any atom is 0.299 e. The molecule has 0 aromatic carbocycles. The van der Waals surface area contributed by atoms with E-state index in [9.17, 15) is 13.6 Å². The van der Waals surface area contributed by atoms with Crippen molar-refractivity contribution in [3.8, 4) is 6.07 Å². The van der Waals surface area contributed by atoms with E-state index in [0.717, 1.165) is 18.7 Å². The van der Waals surface area contributed by atoms with Crippen LogP contribution in [0.1, 0.15) is 24.0 Å². The molecular weight excluding hydrogens is 432 g/mol. The zero-order chi connectivity index (χ0) is 23.0. The van der Waals surface area contributed by atoms with Crippen LogP contribution in [0, 0.1) is 11.3 Å². The molecule has 2 unspecified atom stereocenters. The fourth-order valence-electron chi connectivity index (χ4n) is 4.65. The van der Waals surface area contributed by atoms with Crippen molar-refractivity contribution in [2.24, 2.45) is 0 Å². The monoisotopic (exact) mass is 453 g/mol. The predicted molar refractivity (Wildman–Crippen MR) is 113 cm³/mol. The maximum atomic E-state index is 14.7. The third-order valence-corrected chi connectivity index (χ3v) is 6.18. The van der Waals surface area contributed by atoms with Crippen LogP contribution in [0.25, 0.3) is 5.65 Å². The Bertz CT molecular complexity index is 1190. The Morgan fingerprint density at radius 2 is 2.00 bits per heavy atom. The van der Waals surface area contributed by atoms with Crippen LogP contribution >= 0.6 is 0 Å². The van der Waals surface area contributed by atoms with Crippen molar-refractivity contribution in [3.63, 3.8) is 0 Å². The molecule has 2 aliphatic heterocycles. The van der Waals surface area contributed by atoms with Gasteiger partial charge in [-0.3, -0.25) is 4.79 Å². The smallest absolute Gasteiger partial charge is 0.299 e. The van der Waals surface area contributed by atoms with E-state index in [1.807, 2.05) is 6.07 Å². The van der Waals surface area contributed by atoms with Crippen molar-refractivity contribution >= 4 is 17.4 Å². The lowest BCUT2D eigenvalue weighted by Crippen LogP contribution is -2.56. The molecule has 2 atom stereocenters. The topological polar surface area (TPSA) is 99.7 Å². The molecule has 0 spiro atoms. The SMILES string of the molecule is N#Cc1ccc(N2C3CCC2CN(C(=O)COCC(F)(F)c2cccn4ncnc24)C3)nc1. The highest BCUT2D eigenvalue weighted by Crippen LogP contribution is 2.34. The number of halogens is 2. The first-order valence-electron chi connectivity index (χ1n) is 10.6. The lowest BCUT2D eigenvalue weighted by atomic mass is 10.1. The summed E-state index contributed by atoms with van der Waals surface area (Å²) in [5, 5.41) is 12.8. The summed E-state index contributed by atoms with van der Waals surface area (Å²) in [6.45, 7) is -0.376. The van der Waals surface area contributed by atoms with Crippen molar-refractivity contribution < 1.29 is 18.3 Å². The number of carbonyl (C=O) groups is 1. The molecule has 3 aromatic rings. The number of carbonyl (C=O) groups excluding carboxylic acids is 1. The molecule has 2 saturated heterocycles. The van der Waals surface area contributed by atoms with E-state index in [1.54, 1.807) is 17.2 Å². The molecule has 3 aromatic heterocycles. The van der Waals surface area contributed by atoms with Crippen LogP contribution in [0.4, 0.5) is 14.6 Å². The lowest BCUT2D eigenvalue weighted by molar-refractivity contribution is -0.142. The first-order valence-corrected chi connectivity index (χ1v) is 10.6. The number of ether oxygens (including phenoxy) is 1. The number of hydrogen-bond donors (Lipinski definition) is 0. The second-order valence-electron chi connectivity index (χ2n) is 8.26. The Kier molecular flexibility index (Phi) is 5.38. The highest BCUT2D eigenvalue weighted by molar-refractivity contribution is 5.78. The number of nitrogens with zero attached hydrogens (tertiary/aromatic N) is 7. The minimum Gasteiger partial charge on any atom is -0.365 e. The quantitative estimate of drug-likeness (QED) is 0.563. The Balaban J connectivity index is 1.18. The van der Waals surface area contributed by atoms with E-state index in [2.05, 4.69) is 26.0 Å². The van der Waals surface area contributed by atoms with Gasteiger partial charge in [0.15, 0.2) is 5.65 Å². The van der Waals surface area contributed by atoms with E-state index in [1.165, 1.54) is 29.2 Å². The summed E-state index contributed by atoms with van der Waals surface area (Å²) in [4.78, 5) is 24.8.